The second-order valence-electron chi connectivity index (χ2n) is 6.08. The molecule has 148 valence electrons. The van der Waals surface area contributed by atoms with Gasteiger partial charge in [-0.15, -0.1) is 0 Å². The minimum Gasteiger partial charge on any atom is -0.396 e. The molecule has 0 aliphatic carbocycles. The number of anilines is 2. The number of morpholine rings is 1. The molecule has 28 heavy (non-hydrogen) atoms. The van der Waals surface area contributed by atoms with Crippen LogP contribution in [0.4, 0.5) is 11.4 Å². The molecule has 0 radical (unpaired) electrons. The number of carbonyl (C=O) groups excluding carboxylic acids is 1. The molecule has 3 rings (SSSR count). The molecule has 10 heteroatoms. The summed E-state index contributed by atoms with van der Waals surface area (Å²) in [5.41, 5.74) is 10.6. The van der Waals surface area contributed by atoms with Gasteiger partial charge in [0.05, 0.1) is 29.6 Å². The van der Waals surface area contributed by atoms with Crippen molar-refractivity contribution in [2.75, 3.05) is 36.9 Å². The number of ether oxygens (including phenoxy) is 1. The molecule has 1 amide bonds. The molecular weight excluding hydrogens is 425 g/mol. The summed E-state index contributed by atoms with van der Waals surface area (Å²) >= 11 is 17.8. The molecule has 1 aromatic heterocycles. The van der Waals surface area contributed by atoms with Gasteiger partial charge in [-0.05, 0) is 24.6 Å². The van der Waals surface area contributed by atoms with E-state index >= 15 is 0 Å². The number of nitrogens with one attached hydrogen (secondary N) is 1. The van der Waals surface area contributed by atoms with Gasteiger partial charge in [-0.3, -0.25) is 4.79 Å². The predicted molar refractivity (Wildman–Crippen MR) is 113 cm³/mol. The largest absolute Gasteiger partial charge is 0.396 e. The Bertz CT molecular complexity index is 912. The predicted octanol–water partition coefficient (Wildman–Crippen LogP) is 3.61. The maximum atomic E-state index is 12.3. The molecule has 0 saturated carbocycles. The molecule has 1 saturated heterocycles. The number of hydrogen-bond acceptors (Lipinski definition) is 6. The van der Waals surface area contributed by atoms with Gasteiger partial charge in [0.1, 0.15) is 5.02 Å². The molecule has 0 atom stereocenters. The van der Waals surface area contributed by atoms with Gasteiger partial charge in [0.15, 0.2) is 10.8 Å². The summed E-state index contributed by atoms with van der Waals surface area (Å²) in [5.74, 6) is -0.639. The summed E-state index contributed by atoms with van der Waals surface area (Å²) < 4.78 is 5.36. The third-order valence-electron chi connectivity index (χ3n) is 4.27. The van der Waals surface area contributed by atoms with Crippen LogP contribution in [0.1, 0.15) is 23.0 Å². The van der Waals surface area contributed by atoms with Gasteiger partial charge >= 0.3 is 0 Å². The van der Waals surface area contributed by atoms with Crippen LogP contribution in [-0.4, -0.2) is 42.9 Å². The van der Waals surface area contributed by atoms with Gasteiger partial charge in [-0.2, -0.15) is 5.10 Å². The Kier molecular flexibility index (Phi) is 6.61. The lowest BCUT2D eigenvalue weighted by atomic mass is 10.1. The summed E-state index contributed by atoms with van der Waals surface area (Å²) in [6.45, 7) is 4.96. The quantitative estimate of drug-likeness (QED) is 0.429. The fourth-order valence-corrected chi connectivity index (χ4v) is 3.26. The molecular formula is C18H18Cl3N5O2. The number of aromatic nitrogens is 1. The number of hydrogen-bond donors (Lipinski definition) is 2. The first-order valence-corrected chi connectivity index (χ1v) is 9.59. The number of halogens is 3. The number of nitrogens with zero attached hydrogens (tertiary/aromatic N) is 3. The SMILES string of the molecule is CC(=NNC(=O)c1nc(Cl)c(Cl)c(N)c1Cl)c1ccc(N2CCOCC2)cc1. The van der Waals surface area contributed by atoms with E-state index in [0.717, 1.165) is 37.6 Å². The van der Waals surface area contributed by atoms with E-state index in [2.05, 4.69) is 20.4 Å². The van der Waals surface area contributed by atoms with E-state index in [1.54, 1.807) is 6.92 Å². The zero-order valence-electron chi connectivity index (χ0n) is 15.0. The topological polar surface area (TPSA) is 92.8 Å². The van der Waals surface area contributed by atoms with Crippen LogP contribution < -0.4 is 16.1 Å². The van der Waals surface area contributed by atoms with Crippen LogP contribution in [-0.2, 0) is 4.74 Å². The number of benzene rings is 1. The summed E-state index contributed by atoms with van der Waals surface area (Å²) in [5, 5.41) is 3.93. The minimum atomic E-state index is -0.639. The molecule has 1 aromatic carbocycles. The standard InChI is InChI=1S/C18H18Cl3N5O2/c1-10(11-2-4-12(5-3-11)26-6-8-28-9-7-26)24-25-18(27)16-13(19)15(22)14(20)17(21)23-16/h2-5H,6-9H2,1H3,(H2,22,23)(H,25,27). The van der Waals surface area contributed by atoms with Crippen LogP contribution in [0.3, 0.4) is 0 Å². The lowest BCUT2D eigenvalue weighted by molar-refractivity contribution is 0.0950. The van der Waals surface area contributed by atoms with E-state index in [1.807, 2.05) is 24.3 Å². The Hall–Kier alpha value is -2.06. The Labute approximate surface area is 177 Å². The van der Waals surface area contributed by atoms with E-state index < -0.39 is 5.91 Å². The number of nitrogen functional groups attached to an aromatic ring is 1. The molecule has 1 aliphatic heterocycles. The molecule has 0 bridgehead atoms. The van der Waals surface area contributed by atoms with E-state index in [1.165, 1.54) is 0 Å². The zero-order chi connectivity index (χ0) is 20.3. The Morgan fingerprint density at radius 3 is 2.46 bits per heavy atom. The maximum Gasteiger partial charge on any atom is 0.291 e. The highest BCUT2D eigenvalue weighted by Gasteiger charge is 2.19. The van der Waals surface area contributed by atoms with E-state index in [9.17, 15) is 4.79 Å². The third kappa shape index (κ3) is 4.50. The Morgan fingerprint density at radius 2 is 1.82 bits per heavy atom. The maximum absolute atomic E-state index is 12.3. The van der Waals surface area contributed by atoms with E-state index in [4.69, 9.17) is 45.3 Å². The summed E-state index contributed by atoms with van der Waals surface area (Å²) in [7, 11) is 0. The lowest BCUT2D eigenvalue weighted by Gasteiger charge is -2.28. The Balaban J connectivity index is 1.71. The highest BCUT2D eigenvalue weighted by Crippen LogP contribution is 2.34. The highest BCUT2D eigenvalue weighted by atomic mass is 35.5. The van der Waals surface area contributed by atoms with Crippen LogP contribution >= 0.6 is 34.8 Å². The number of carbonyl (C=O) groups is 1. The van der Waals surface area contributed by atoms with Gasteiger partial charge in [-0.25, -0.2) is 10.4 Å². The molecule has 7 nitrogen and oxygen atoms in total. The van der Waals surface area contributed by atoms with Crippen molar-refractivity contribution in [2.24, 2.45) is 5.10 Å². The number of amides is 1. The van der Waals surface area contributed by atoms with Crippen LogP contribution in [0.5, 0.6) is 0 Å². The number of rotatable bonds is 4. The second-order valence-corrected chi connectivity index (χ2v) is 7.19. The number of pyridine rings is 1. The number of hydrazone groups is 1. The second kappa shape index (κ2) is 8.96. The average molecular weight is 443 g/mol. The molecule has 0 spiro atoms. The van der Waals surface area contributed by atoms with Crippen molar-refractivity contribution in [3.05, 3.63) is 50.7 Å². The molecule has 0 unspecified atom stereocenters. The van der Waals surface area contributed by atoms with Crippen LogP contribution in [0.2, 0.25) is 15.2 Å². The molecule has 1 fully saturated rings. The average Bonchev–Trinajstić information content (AvgIpc) is 2.73. The summed E-state index contributed by atoms with van der Waals surface area (Å²) in [6.07, 6.45) is 0. The van der Waals surface area contributed by atoms with Gasteiger partial charge < -0.3 is 15.4 Å². The smallest absolute Gasteiger partial charge is 0.291 e. The van der Waals surface area contributed by atoms with Gasteiger partial charge in [0, 0.05) is 18.8 Å². The van der Waals surface area contributed by atoms with E-state index in [-0.39, 0.29) is 26.6 Å². The zero-order valence-corrected chi connectivity index (χ0v) is 17.3. The fraction of sp³-hybridized carbons (Fsp3) is 0.278. The van der Waals surface area contributed by atoms with Gasteiger partial charge in [0.25, 0.3) is 5.91 Å². The van der Waals surface area contributed by atoms with Crippen molar-refractivity contribution in [3.63, 3.8) is 0 Å². The molecule has 3 N–H and O–H groups in total. The van der Waals surface area contributed by atoms with Gasteiger partial charge in [0.2, 0.25) is 0 Å². The first-order valence-electron chi connectivity index (χ1n) is 8.46. The minimum absolute atomic E-state index is 0.00302. The van der Waals surface area contributed by atoms with Crippen LogP contribution in [0.15, 0.2) is 29.4 Å². The van der Waals surface area contributed by atoms with Crippen LogP contribution in [0, 0.1) is 0 Å². The normalized spacial score (nSPS) is 14.9. The van der Waals surface area contributed by atoms with E-state index in [0.29, 0.717) is 5.71 Å². The first-order chi connectivity index (χ1) is 13.4. The van der Waals surface area contributed by atoms with Crippen LogP contribution in [0.25, 0.3) is 0 Å². The monoisotopic (exact) mass is 441 g/mol. The van der Waals surface area contributed by atoms with Crippen molar-refractivity contribution >= 4 is 57.8 Å². The number of nitrogens with two attached hydrogens (primary N) is 1. The summed E-state index contributed by atoms with van der Waals surface area (Å²) in [4.78, 5) is 18.5. The summed E-state index contributed by atoms with van der Waals surface area (Å²) in [6, 6.07) is 7.91. The lowest BCUT2D eigenvalue weighted by Crippen LogP contribution is -2.36. The van der Waals surface area contributed by atoms with Crippen molar-refractivity contribution in [3.8, 4) is 0 Å². The third-order valence-corrected chi connectivity index (χ3v) is 5.41. The van der Waals surface area contributed by atoms with Gasteiger partial charge in [-0.1, -0.05) is 46.9 Å². The Morgan fingerprint density at radius 1 is 1.18 bits per heavy atom. The molecule has 2 heterocycles. The fourth-order valence-electron chi connectivity index (χ4n) is 2.67. The van der Waals surface area contributed by atoms with Crippen molar-refractivity contribution in [2.45, 2.75) is 6.92 Å². The first kappa shape index (κ1) is 20.7. The van der Waals surface area contributed by atoms with Crippen molar-refractivity contribution in [1.82, 2.24) is 10.4 Å². The van der Waals surface area contributed by atoms with Crippen molar-refractivity contribution < 1.29 is 9.53 Å². The van der Waals surface area contributed by atoms with Crippen molar-refractivity contribution in [1.29, 1.82) is 0 Å². The molecule has 2 aromatic rings. The molecule has 1 aliphatic rings. The highest BCUT2D eigenvalue weighted by molar-refractivity contribution is 6.46.